The van der Waals surface area contributed by atoms with Crippen LogP contribution < -0.4 is 4.90 Å². The lowest BCUT2D eigenvalue weighted by molar-refractivity contribution is 0.314. The molecule has 1 aliphatic heterocycles. The number of hydrogen-bond acceptors (Lipinski definition) is 3. The molecule has 1 atom stereocenters. The van der Waals surface area contributed by atoms with Crippen LogP contribution in [-0.4, -0.2) is 47.5 Å². The van der Waals surface area contributed by atoms with Crippen LogP contribution in [0.25, 0.3) is 5.65 Å². The fourth-order valence-electron chi connectivity index (χ4n) is 3.08. The van der Waals surface area contributed by atoms with Crippen LogP contribution in [0, 0.1) is 0 Å². The number of halogens is 1. The van der Waals surface area contributed by atoms with Gasteiger partial charge in [-0.1, -0.05) is 6.07 Å². The molecule has 0 radical (unpaired) electrons. The zero-order valence-electron chi connectivity index (χ0n) is 12.1. The molecule has 4 nitrogen and oxygen atoms in total. The van der Waals surface area contributed by atoms with Gasteiger partial charge < -0.3 is 14.2 Å². The van der Waals surface area contributed by atoms with Crippen molar-refractivity contribution in [3.05, 3.63) is 30.1 Å². The van der Waals surface area contributed by atoms with E-state index in [4.69, 9.17) is 16.6 Å². The van der Waals surface area contributed by atoms with E-state index in [2.05, 4.69) is 28.3 Å². The zero-order valence-corrected chi connectivity index (χ0v) is 12.8. The molecule has 3 heterocycles. The van der Waals surface area contributed by atoms with Crippen molar-refractivity contribution in [2.24, 2.45) is 0 Å². The van der Waals surface area contributed by atoms with Crippen molar-refractivity contribution in [3.63, 3.8) is 0 Å². The monoisotopic (exact) mass is 292 g/mol. The quantitative estimate of drug-likeness (QED) is 0.810. The maximum absolute atomic E-state index is 6.14. The van der Waals surface area contributed by atoms with Crippen LogP contribution >= 0.6 is 11.6 Å². The van der Waals surface area contributed by atoms with Gasteiger partial charge in [0.1, 0.15) is 5.65 Å². The number of rotatable bonds is 4. The Morgan fingerprint density at radius 3 is 3.00 bits per heavy atom. The number of alkyl halides is 1. The Morgan fingerprint density at radius 1 is 1.45 bits per heavy atom. The molecule has 0 aromatic carbocycles. The lowest BCUT2D eigenvalue weighted by Crippen LogP contribution is -2.37. The summed E-state index contributed by atoms with van der Waals surface area (Å²) < 4.78 is 2.08. The fraction of sp³-hybridized carbons (Fsp3) is 0.533. The average Bonchev–Trinajstić information content (AvgIpc) is 3.02. The van der Waals surface area contributed by atoms with E-state index in [0.29, 0.717) is 11.9 Å². The highest BCUT2D eigenvalue weighted by Gasteiger charge is 2.24. The second-order valence-electron chi connectivity index (χ2n) is 5.60. The van der Waals surface area contributed by atoms with Gasteiger partial charge in [0.15, 0.2) is 5.82 Å². The van der Waals surface area contributed by atoms with Crippen LogP contribution in [0.1, 0.15) is 18.5 Å². The molecule has 108 valence electrons. The van der Waals surface area contributed by atoms with Gasteiger partial charge in [-0.05, 0) is 38.6 Å². The molecule has 2 aromatic rings. The summed E-state index contributed by atoms with van der Waals surface area (Å²) in [4.78, 5) is 9.42. The lowest BCUT2D eigenvalue weighted by Gasteiger charge is -2.26. The summed E-state index contributed by atoms with van der Waals surface area (Å²) in [6.07, 6.45) is 4.59. The van der Waals surface area contributed by atoms with Crippen LogP contribution in [0.3, 0.4) is 0 Å². The van der Waals surface area contributed by atoms with E-state index in [0.717, 1.165) is 23.7 Å². The standard InChI is InChI=1S/C15H21ClN4/c1-18-8-5-6-12(18)11-19(2)15-13(10-16)20-9-4-3-7-14(20)17-15/h3-4,7,9,12H,5-6,8,10-11H2,1-2H3. The summed E-state index contributed by atoms with van der Waals surface area (Å²) in [6.45, 7) is 2.20. The molecule has 1 unspecified atom stereocenters. The van der Waals surface area contributed by atoms with Crippen LogP contribution in [0.15, 0.2) is 24.4 Å². The van der Waals surface area contributed by atoms with Crippen molar-refractivity contribution in [2.75, 3.05) is 32.1 Å². The first-order valence-corrected chi connectivity index (χ1v) is 7.67. The Bertz CT molecular complexity index is 595. The minimum atomic E-state index is 0.478. The summed E-state index contributed by atoms with van der Waals surface area (Å²) >= 11 is 6.14. The van der Waals surface area contributed by atoms with Crippen molar-refractivity contribution in [3.8, 4) is 0 Å². The van der Waals surface area contributed by atoms with E-state index in [9.17, 15) is 0 Å². The molecule has 3 rings (SSSR count). The largest absolute Gasteiger partial charge is 0.357 e. The van der Waals surface area contributed by atoms with Crippen LogP contribution in [0.5, 0.6) is 0 Å². The highest BCUT2D eigenvalue weighted by atomic mass is 35.5. The SMILES string of the molecule is CN(CC1CCCN1C)c1nc2ccccn2c1CCl. The third-order valence-corrected chi connectivity index (χ3v) is 4.51. The maximum Gasteiger partial charge on any atom is 0.152 e. The molecular weight excluding hydrogens is 272 g/mol. The van der Waals surface area contributed by atoms with Crippen molar-refractivity contribution in [1.29, 1.82) is 0 Å². The third kappa shape index (κ3) is 2.38. The van der Waals surface area contributed by atoms with Gasteiger partial charge in [0.2, 0.25) is 0 Å². The Balaban J connectivity index is 1.88. The number of likely N-dealkylation sites (tertiary alicyclic amines) is 1. The average molecular weight is 293 g/mol. The Hall–Kier alpha value is -1.26. The van der Waals surface area contributed by atoms with E-state index < -0.39 is 0 Å². The minimum Gasteiger partial charge on any atom is -0.357 e. The molecule has 1 saturated heterocycles. The molecule has 5 heteroatoms. The molecule has 0 aliphatic carbocycles. The van der Waals surface area contributed by atoms with E-state index in [1.54, 1.807) is 0 Å². The summed E-state index contributed by atoms with van der Waals surface area (Å²) in [6, 6.07) is 6.66. The van der Waals surface area contributed by atoms with E-state index in [-0.39, 0.29) is 0 Å². The summed E-state index contributed by atoms with van der Waals surface area (Å²) in [5, 5.41) is 0. The Labute approximate surface area is 125 Å². The van der Waals surface area contributed by atoms with E-state index in [1.807, 2.05) is 24.4 Å². The highest BCUT2D eigenvalue weighted by molar-refractivity contribution is 6.17. The number of hydrogen-bond donors (Lipinski definition) is 0. The normalized spacial score (nSPS) is 19.9. The van der Waals surface area contributed by atoms with Gasteiger partial charge in [-0.2, -0.15) is 0 Å². The zero-order chi connectivity index (χ0) is 14.1. The molecular formula is C15H21ClN4. The first kappa shape index (κ1) is 13.7. The number of fused-ring (bicyclic) bond motifs is 1. The van der Waals surface area contributed by atoms with Crippen LogP contribution in [-0.2, 0) is 5.88 Å². The second kappa shape index (κ2) is 5.62. The molecule has 0 amide bonds. The first-order valence-electron chi connectivity index (χ1n) is 7.14. The van der Waals surface area contributed by atoms with Gasteiger partial charge in [-0.15, -0.1) is 11.6 Å². The van der Waals surface area contributed by atoms with Crippen molar-refractivity contribution in [2.45, 2.75) is 24.8 Å². The number of likely N-dealkylation sites (N-methyl/N-ethyl adjacent to an activating group) is 2. The van der Waals surface area contributed by atoms with Crippen molar-refractivity contribution in [1.82, 2.24) is 14.3 Å². The van der Waals surface area contributed by atoms with Crippen LogP contribution in [0.4, 0.5) is 5.82 Å². The minimum absolute atomic E-state index is 0.478. The summed E-state index contributed by atoms with van der Waals surface area (Å²) in [5.74, 6) is 1.48. The smallest absolute Gasteiger partial charge is 0.152 e. The molecule has 0 spiro atoms. The van der Waals surface area contributed by atoms with Crippen molar-refractivity contribution >= 4 is 23.1 Å². The van der Waals surface area contributed by atoms with Gasteiger partial charge in [0, 0.05) is 25.8 Å². The van der Waals surface area contributed by atoms with Crippen molar-refractivity contribution < 1.29 is 0 Å². The highest BCUT2D eigenvalue weighted by Crippen LogP contribution is 2.24. The Kier molecular flexibility index (Phi) is 3.85. The molecule has 2 aromatic heterocycles. The predicted octanol–water partition coefficient (Wildman–Crippen LogP) is 2.60. The van der Waals surface area contributed by atoms with Gasteiger partial charge in [-0.25, -0.2) is 4.98 Å². The number of nitrogens with zero attached hydrogens (tertiary/aromatic N) is 4. The number of aromatic nitrogens is 2. The molecule has 1 aliphatic rings. The third-order valence-electron chi connectivity index (χ3n) is 4.25. The molecule has 0 N–H and O–H groups in total. The molecule has 0 bridgehead atoms. The second-order valence-corrected chi connectivity index (χ2v) is 5.87. The lowest BCUT2D eigenvalue weighted by atomic mass is 10.2. The van der Waals surface area contributed by atoms with Crippen LogP contribution in [0.2, 0.25) is 0 Å². The fourth-order valence-corrected chi connectivity index (χ4v) is 3.32. The summed E-state index contributed by atoms with van der Waals surface area (Å²) in [7, 11) is 4.32. The number of imidazole rings is 1. The van der Waals surface area contributed by atoms with Gasteiger partial charge in [0.25, 0.3) is 0 Å². The maximum atomic E-state index is 6.14. The Morgan fingerprint density at radius 2 is 2.30 bits per heavy atom. The summed E-state index contributed by atoms with van der Waals surface area (Å²) in [5.41, 5.74) is 2.04. The molecule has 20 heavy (non-hydrogen) atoms. The van der Waals surface area contributed by atoms with Gasteiger partial charge in [-0.3, -0.25) is 0 Å². The number of anilines is 1. The topological polar surface area (TPSA) is 23.8 Å². The van der Waals surface area contributed by atoms with E-state index >= 15 is 0 Å². The predicted molar refractivity (Wildman–Crippen MR) is 83.7 cm³/mol. The van der Waals surface area contributed by atoms with Gasteiger partial charge >= 0.3 is 0 Å². The van der Waals surface area contributed by atoms with E-state index in [1.165, 1.54) is 19.4 Å². The number of pyridine rings is 1. The first-order chi connectivity index (χ1) is 9.70. The van der Waals surface area contributed by atoms with Gasteiger partial charge in [0.05, 0.1) is 11.6 Å². The molecule has 1 fully saturated rings. The molecule has 0 saturated carbocycles.